The molecule has 0 amide bonds. The van der Waals surface area contributed by atoms with E-state index < -0.39 is 0 Å². The van der Waals surface area contributed by atoms with Crippen LogP contribution in [0.1, 0.15) is 11.7 Å². The molecule has 0 bridgehead atoms. The Hall–Kier alpha value is -1.26. The number of nitrogens with one attached hydrogen (secondary N) is 1. The maximum atomic E-state index is 6.28. The first kappa shape index (κ1) is 15.6. The van der Waals surface area contributed by atoms with Crippen molar-refractivity contribution >= 4 is 34.6 Å². The summed E-state index contributed by atoms with van der Waals surface area (Å²) in [6.45, 7) is 2.12. The Morgan fingerprint density at radius 2 is 1.50 bits per heavy atom. The Labute approximate surface area is 141 Å². The van der Waals surface area contributed by atoms with E-state index in [9.17, 15) is 0 Å². The zero-order chi connectivity index (χ0) is 15.7. The molecule has 0 aromatic heterocycles. The highest BCUT2D eigenvalue weighted by Gasteiger charge is 2.29. The third kappa shape index (κ3) is 2.95. The number of hydrogen-bond donors (Lipinski definition) is 1. The summed E-state index contributed by atoms with van der Waals surface area (Å²) in [5.41, 5.74) is 3.01. The van der Waals surface area contributed by atoms with Crippen LogP contribution in [0.5, 0.6) is 0 Å². The molecular formula is C17H19Cl2N3. The van der Waals surface area contributed by atoms with Crippen LogP contribution in [-0.2, 0) is 0 Å². The third-order valence-electron chi connectivity index (χ3n) is 4.10. The Balaban J connectivity index is 1.99. The molecule has 2 aromatic rings. The first-order chi connectivity index (χ1) is 10.6. The Morgan fingerprint density at radius 3 is 2.14 bits per heavy atom. The van der Waals surface area contributed by atoms with E-state index >= 15 is 0 Å². The van der Waals surface area contributed by atoms with Gasteiger partial charge in [-0.25, -0.2) is 0 Å². The Morgan fingerprint density at radius 1 is 0.909 bits per heavy atom. The number of anilines is 2. The average Bonchev–Trinajstić information content (AvgIpc) is 2.83. The molecule has 0 spiro atoms. The van der Waals surface area contributed by atoms with Crippen LogP contribution in [0.15, 0.2) is 42.5 Å². The quantitative estimate of drug-likeness (QED) is 0.883. The zero-order valence-electron chi connectivity index (χ0n) is 12.7. The van der Waals surface area contributed by atoms with E-state index in [1.54, 1.807) is 0 Å². The maximum Gasteiger partial charge on any atom is 0.0902 e. The fraction of sp³-hybridized carbons (Fsp3) is 0.294. The largest absolute Gasteiger partial charge is 0.353 e. The second kappa shape index (κ2) is 6.47. The van der Waals surface area contributed by atoms with Crippen LogP contribution in [-0.4, -0.2) is 37.0 Å². The van der Waals surface area contributed by atoms with E-state index in [2.05, 4.69) is 47.4 Å². The van der Waals surface area contributed by atoms with Crippen molar-refractivity contribution in [3.63, 3.8) is 0 Å². The minimum absolute atomic E-state index is 0.255. The summed E-state index contributed by atoms with van der Waals surface area (Å²) in [5.74, 6) is 0. The summed E-state index contributed by atoms with van der Waals surface area (Å²) in [6, 6.07) is 13.8. The molecule has 0 unspecified atom stereocenters. The normalized spacial score (nSPS) is 17.1. The number of para-hydroxylation sites is 2. The first-order valence-electron chi connectivity index (χ1n) is 7.28. The van der Waals surface area contributed by atoms with Crippen LogP contribution in [0.4, 0.5) is 11.4 Å². The van der Waals surface area contributed by atoms with Crippen LogP contribution < -0.4 is 5.32 Å². The van der Waals surface area contributed by atoms with E-state index in [1.165, 1.54) is 5.56 Å². The summed E-state index contributed by atoms with van der Waals surface area (Å²) in [5, 5.41) is 4.65. The molecule has 5 heteroatoms. The number of rotatable bonds is 3. The molecule has 1 N–H and O–H groups in total. The van der Waals surface area contributed by atoms with Gasteiger partial charge in [0, 0.05) is 24.3 Å². The second-order valence-electron chi connectivity index (χ2n) is 5.64. The molecule has 0 aliphatic carbocycles. The summed E-state index contributed by atoms with van der Waals surface area (Å²) < 4.78 is 0. The van der Waals surface area contributed by atoms with Crippen molar-refractivity contribution < 1.29 is 0 Å². The van der Waals surface area contributed by atoms with Gasteiger partial charge in [0.2, 0.25) is 0 Å². The van der Waals surface area contributed by atoms with Crippen LogP contribution in [0.2, 0.25) is 10.0 Å². The predicted molar refractivity (Wildman–Crippen MR) is 94.2 cm³/mol. The van der Waals surface area contributed by atoms with Crippen molar-refractivity contribution in [1.82, 2.24) is 9.80 Å². The van der Waals surface area contributed by atoms with Crippen molar-refractivity contribution in [3.8, 4) is 0 Å². The molecule has 1 heterocycles. The highest BCUT2D eigenvalue weighted by Crippen LogP contribution is 2.37. The topological polar surface area (TPSA) is 18.5 Å². The number of likely N-dealkylation sites (N-methyl/N-ethyl adjacent to an activating group) is 2. The monoisotopic (exact) mass is 335 g/mol. The molecule has 1 fully saturated rings. The van der Waals surface area contributed by atoms with Crippen LogP contribution in [0.3, 0.4) is 0 Å². The van der Waals surface area contributed by atoms with E-state index in [4.69, 9.17) is 23.2 Å². The molecule has 0 atom stereocenters. The lowest BCUT2D eigenvalue weighted by molar-refractivity contribution is 0.191. The van der Waals surface area contributed by atoms with Gasteiger partial charge >= 0.3 is 0 Å². The van der Waals surface area contributed by atoms with Gasteiger partial charge in [-0.1, -0.05) is 47.5 Å². The predicted octanol–water partition coefficient (Wildman–Crippen LogP) is 4.61. The first-order valence-corrected chi connectivity index (χ1v) is 8.04. The molecule has 1 aliphatic heterocycles. The number of hydrogen-bond acceptors (Lipinski definition) is 3. The van der Waals surface area contributed by atoms with Crippen molar-refractivity contribution in [2.45, 2.75) is 6.17 Å². The minimum Gasteiger partial charge on any atom is -0.353 e. The van der Waals surface area contributed by atoms with Crippen molar-refractivity contribution in [2.24, 2.45) is 0 Å². The summed E-state index contributed by atoms with van der Waals surface area (Å²) in [4.78, 5) is 4.68. The molecule has 22 heavy (non-hydrogen) atoms. The lowest BCUT2D eigenvalue weighted by Crippen LogP contribution is -2.26. The van der Waals surface area contributed by atoms with Gasteiger partial charge in [-0.2, -0.15) is 0 Å². The van der Waals surface area contributed by atoms with Crippen molar-refractivity contribution in [2.75, 3.05) is 32.5 Å². The van der Waals surface area contributed by atoms with Crippen molar-refractivity contribution in [3.05, 3.63) is 58.1 Å². The van der Waals surface area contributed by atoms with E-state index in [0.717, 1.165) is 24.5 Å². The van der Waals surface area contributed by atoms with Gasteiger partial charge in [0.05, 0.1) is 21.9 Å². The molecule has 0 saturated carbocycles. The van der Waals surface area contributed by atoms with E-state index in [-0.39, 0.29) is 6.17 Å². The molecule has 1 aliphatic rings. The van der Waals surface area contributed by atoms with Crippen molar-refractivity contribution in [1.29, 1.82) is 0 Å². The van der Waals surface area contributed by atoms with E-state index in [0.29, 0.717) is 10.0 Å². The Bertz CT molecular complexity index is 644. The standard InChI is InChI=1S/C17H19Cl2N3/c1-21-10-11-22(2)17(21)12-6-3-4-9-15(12)20-16-13(18)7-5-8-14(16)19/h3-9,17,20H,10-11H2,1-2H3. The smallest absolute Gasteiger partial charge is 0.0902 e. The maximum absolute atomic E-state index is 6.28. The second-order valence-corrected chi connectivity index (χ2v) is 6.46. The van der Waals surface area contributed by atoms with Crippen LogP contribution >= 0.6 is 23.2 Å². The molecule has 2 aromatic carbocycles. The molecular weight excluding hydrogens is 317 g/mol. The van der Waals surface area contributed by atoms with Crippen LogP contribution in [0, 0.1) is 0 Å². The Kier molecular flexibility index (Phi) is 4.59. The third-order valence-corrected chi connectivity index (χ3v) is 4.73. The fourth-order valence-corrected chi connectivity index (χ4v) is 3.45. The van der Waals surface area contributed by atoms with Gasteiger partial charge in [0.15, 0.2) is 0 Å². The fourth-order valence-electron chi connectivity index (χ4n) is 2.96. The van der Waals surface area contributed by atoms with Gasteiger partial charge in [-0.05, 0) is 32.3 Å². The average molecular weight is 336 g/mol. The SMILES string of the molecule is CN1CCN(C)C1c1ccccc1Nc1c(Cl)cccc1Cl. The summed E-state index contributed by atoms with van der Waals surface area (Å²) in [7, 11) is 4.29. The molecule has 3 rings (SSSR count). The lowest BCUT2D eigenvalue weighted by Gasteiger charge is -2.28. The van der Waals surface area contributed by atoms with Gasteiger partial charge in [-0.3, -0.25) is 9.80 Å². The number of benzene rings is 2. The highest BCUT2D eigenvalue weighted by molar-refractivity contribution is 6.39. The molecule has 1 saturated heterocycles. The number of nitrogens with zero attached hydrogens (tertiary/aromatic N) is 2. The minimum atomic E-state index is 0.255. The molecule has 116 valence electrons. The molecule has 3 nitrogen and oxygen atoms in total. The van der Waals surface area contributed by atoms with Gasteiger partial charge < -0.3 is 5.32 Å². The van der Waals surface area contributed by atoms with E-state index in [1.807, 2.05) is 24.3 Å². The van der Waals surface area contributed by atoms with Gasteiger partial charge in [-0.15, -0.1) is 0 Å². The van der Waals surface area contributed by atoms with Crippen LogP contribution in [0.25, 0.3) is 0 Å². The number of halogens is 2. The van der Waals surface area contributed by atoms with Gasteiger partial charge in [0.1, 0.15) is 0 Å². The highest BCUT2D eigenvalue weighted by atomic mass is 35.5. The zero-order valence-corrected chi connectivity index (χ0v) is 14.2. The summed E-state index contributed by atoms with van der Waals surface area (Å²) in [6.07, 6.45) is 0.255. The lowest BCUT2D eigenvalue weighted by atomic mass is 10.1. The van der Waals surface area contributed by atoms with Gasteiger partial charge in [0.25, 0.3) is 0 Å². The summed E-state index contributed by atoms with van der Waals surface area (Å²) >= 11 is 12.6. The molecule has 0 radical (unpaired) electrons.